The molecule has 2 aromatic heterocycles. The van der Waals surface area contributed by atoms with Crippen LogP contribution in [0.25, 0.3) is 10.9 Å². The van der Waals surface area contributed by atoms with Gasteiger partial charge in [-0.1, -0.05) is 35.5 Å². The highest BCUT2D eigenvalue weighted by molar-refractivity contribution is 5.91. The number of rotatable bonds is 7. The normalized spacial score (nSPS) is 11.0. The number of methoxy groups -OCH3 is 1. The van der Waals surface area contributed by atoms with Gasteiger partial charge in [0.2, 0.25) is 0 Å². The van der Waals surface area contributed by atoms with Gasteiger partial charge in [-0.3, -0.25) is 4.79 Å². The molecule has 0 unspecified atom stereocenters. The number of carbonyl (C=O) groups excluding carboxylic acids is 1. The molecule has 7 heteroatoms. The van der Waals surface area contributed by atoms with Crippen molar-refractivity contribution in [1.29, 1.82) is 0 Å². The van der Waals surface area contributed by atoms with Gasteiger partial charge in [0.05, 0.1) is 19.9 Å². The van der Waals surface area contributed by atoms with Crippen molar-refractivity contribution < 1.29 is 9.53 Å². The predicted octanol–water partition coefficient (Wildman–Crippen LogP) is 3.37. The molecule has 7 nitrogen and oxygen atoms in total. The molecule has 4 aromatic rings. The van der Waals surface area contributed by atoms with Gasteiger partial charge in [0.25, 0.3) is 5.91 Å². The monoisotopic (exact) mass is 403 g/mol. The molecule has 30 heavy (non-hydrogen) atoms. The van der Waals surface area contributed by atoms with Gasteiger partial charge in [0.1, 0.15) is 5.75 Å². The lowest BCUT2D eigenvalue weighted by Crippen LogP contribution is -2.30. The van der Waals surface area contributed by atoms with Crippen LogP contribution in [0, 0.1) is 6.92 Å². The molecule has 4 rings (SSSR count). The van der Waals surface area contributed by atoms with Gasteiger partial charge in [-0.05, 0) is 42.1 Å². The van der Waals surface area contributed by atoms with E-state index in [9.17, 15) is 4.79 Å². The molecule has 0 radical (unpaired) electrons. The molecule has 0 bridgehead atoms. The first-order valence-electron chi connectivity index (χ1n) is 9.88. The third-order valence-corrected chi connectivity index (χ3v) is 5.28. The van der Waals surface area contributed by atoms with Gasteiger partial charge in [0.15, 0.2) is 5.69 Å². The van der Waals surface area contributed by atoms with Crippen LogP contribution in [0.4, 0.5) is 0 Å². The van der Waals surface area contributed by atoms with Crippen molar-refractivity contribution in [1.82, 2.24) is 24.5 Å². The molecule has 0 spiro atoms. The molecule has 0 atom stereocenters. The molecule has 0 saturated carbocycles. The van der Waals surface area contributed by atoms with Crippen LogP contribution in [-0.4, -0.2) is 51.1 Å². The van der Waals surface area contributed by atoms with E-state index in [0.29, 0.717) is 18.8 Å². The highest BCUT2D eigenvalue weighted by Crippen LogP contribution is 2.19. The number of carbonyl (C=O) groups is 1. The summed E-state index contributed by atoms with van der Waals surface area (Å²) in [5.41, 5.74) is 3.77. The second-order valence-electron chi connectivity index (χ2n) is 7.37. The number of benzene rings is 2. The number of nitrogens with zero attached hydrogens (tertiary/aromatic N) is 5. The first-order valence-corrected chi connectivity index (χ1v) is 9.88. The van der Waals surface area contributed by atoms with E-state index < -0.39 is 0 Å². The van der Waals surface area contributed by atoms with Gasteiger partial charge in [-0.25, -0.2) is 4.68 Å². The number of para-hydroxylation sites is 1. The SMILES string of the molecule is COc1ccc(Cn2cc(C(=O)N(C)CCn3c(C)cc4ccccc43)nn2)cc1. The van der Waals surface area contributed by atoms with Crippen LogP contribution in [0.1, 0.15) is 21.7 Å². The van der Waals surface area contributed by atoms with Crippen molar-refractivity contribution in [3.63, 3.8) is 0 Å². The van der Waals surface area contributed by atoms with Crippen LogP contribution in [0.3, 0.4) is 0 Å². The first kappa shape index (κ1) is 19.7. The second-order valence-corrected chi connectivity index (χ2v) is 7.37. The molecule has 0 fully saturated rings. The summed E-state index contributed by atoms with van der Waals surface area (Å²) >= 11 is 0. The lowest BCUT2D eigenvalue weighted by atomic mass is 10.2. The van der Waals surface area contributed by atoms with Gasteiger partial charge in [-0.2, -0.15) is 0 Å². The van der Waals surface area contributed by atoms with E-state index in [1.807, 2.05) is 36.4 Å². The zero-order chi connectivity index (χ0) is 21.1. The maximum absolute atomic E-state index is 12.8. The number of ether oxygens (including phenoxy) is 1. The molecule has 0 N–H and O–H groups in total. The average Bonchev–Trinajstić information content (AvgIpc) is 3.35. The van der Waals surface area contributed by atoms with Gasteiger partial charge >= 0.3 is 0 Å². The maximum Gasteiger partial charge on any atom is 0.275 e. The average molecular weight is 403 g/mol. The van der Waals surface area contributed by atoms with Crippen LogP contribution in [-0.2, 0) is 13.1 Å². The van der Waals surface area contributed by atoms with Crippen LogP contribution in [0.5, 0.6) is 5.75 Å². The van der Waals surface area contributed by atoms with Crippen molar-refractivity contribution >= 4 is 16.8 Å². The molecule has 1 amide bonds. The summed E-state index contributed by atoms with van der Waals surface area (Å²) in [4.78, 5) is 14.5. The van der Waals surface area contributed by atoms with E-state index >= 15 is 0 Å². The molecule has 2 heterocycles. The Morgan fingerprint density at radius 1 is 1.13 bits per heavy atom. The van der Waals surface area contributed by atoms with Crippen molar-refractivity contribution in [2.75, 3.05) is 20.7 Å². The number of hydrogen-bond donors (Lipinski definition) is 0. The number of amides is 1. The summed E-state index contributed by atoms with van der Waals surface area (Å²) in [6, 6.07) is 18.2. The quantitative estimate of drug-likeness (QED) is 0.475. The van der Waals surface area contributed by atoms with E-state index in [0.717, 1.165) is 17.9 Å². The Morgan fingerprint density at radius 3 is 2.67 bits per heavy atom. The fourth-order valence-corrected chi connectivity index (χ4v) is 3.58. The third kappa shape index (κ3) is 4.05. The number of fused-ring (bicyclic) bond motifs is 1. The zero-order valence-corrected chi connectivity index (χ0v) is 17.4. The van der Waals surface area contributed by atoms with Gasteiger partial charge in [0, 0.05) is 31.3 Å². The topological polar surface area (TPSA) is 65.2 Å². The second kappa shape index (κ2) is 8.41. The van der Waals surface area contributed by atoms with Crippen LogP contribution in [0.2, 0.25) is 0 Å². The van der Waals surface area contributed by atoms with E-state index in [1.165, 1.54) is 16.6 Å². The van der Waals surface area contributed by atoms with Crippen LogP contribution in [0.15, 0.2) is 60.8 Å². The van der Waals surface area contributed by atoms with Gasteiger partial charge < -0.3 is 14.2 Å². The Kier molecular flexibility index (Phi) is 5.52. The van der Waals surface area contributed by atoms with Crippen molar-refractivity contribution in [3.05, 3.63) is 77.7 Å². The summed E-state index contributed by atoms with van der Waals surface area (Å²) in [6.45, 7) is 3.94. The molecule has 0 saturated heterocycles. The summed E-state index contributed by atoms with van der Waals surface area (Å²) in [7, 11) is 3.44. The molecular weight excluding hydrogens is 378 g/mol. The predicted molar refractivity (Wildman–Crippen MR) is 116 cm³/mol. The van der Waals surface area contributed by atoms with E-state index in [2.05, 4.69) is 40.0 Å². The Labute approximate surface area is 175 Å². The molecule has 154 valence electrons. The first-order chi connectivity index (χ1) is 14.5. The van der Waals surface area contributed by atoms with Crippen molar-refractivity contribution in [2.24, 2.45) is 0 Å². The van der Waals surface area contributed by atoms with Crippen molar-refractivity contribution in [3.8, 4) is 5.75 Å². The van der Waals surface area contributed by atoms with Crippen LogP contribution >= 0.6 is 0 Å². The third-order valence-electron chi connectivity index (χ3n) is 5.28. The molecule has 2 aromatic carbocycles. The highest BCUT2D eigenvalue weighted by atomic mass is 16.5. The minimum absolute atomic E-state index is 0.134. The van der Waals surface area contributed by atoms with Crippen LogP contribution < -0.4 is 4.74 Å². The number of aromatic nitrogens is 4. The fourth-order valence-electron chi connectivity index (χ4n) is 3.58. The number of hydrogen-bond acceptors (Lipinski definition) is 4. The van der Waals surface area contributed by atoms with E-state index in [4.69, 9.17) is 4.74 Å². The summed E-state index contributed by atoms with van der Waals surface area (Å²) in [5, 5.41) is 9.39. The van der Waals surface area contributed by atoms with E-state index in [1.54, 1.807) is 29.9 Å². The molecule has 0 aliphatic carbocycles. The van der Waals surface area contributed by atoms with E-state index in [-0.39, 0.29) is 5.91 Å². The Morgan fingerprint density at radius 2 is 1.90 bits per heavy atom. The Bertz CT molecular complexity index is 1160. The number of aryl methyl sites for hydroxylation is 1. The zero-order valence-electron chi connectivity index (χ0n) is 17.4. The smallest absolute Gasteiger partial charge is 0.275 e. The minimum Gasteiger partial charge on any atom is -0.497 e. The lowest BCUT2D eigenvalue weighted by molar-refractivity contribution is 0.0784. The van der Waals surface area contributed by atoms with Crippen molar-refractivity contribution in [2.45, 2.75) is 20.0 Å². The Hall–Kier alpha value is -3.61. The number of likely N-dealkylation sites (N-methyl/N-ethyl adjacent to an activating group) is 1. The fraction of sp³-hybridized carbons (Fsp3) is 0.261. The highest BCUT2D eigenvalue weighted by Gasteiger charge is 2.16. The largest absolute Gasteiger partial charge is 0.497 e. The standard InChI is InChI=1S/C23H25N5O2/c1-17-14-19-6-4-5-7-22(19)28(17)13-12-26(2)23(29)21-16-27(25-24-21)15-18-8-10-20(30-3)11-9-18/h4-11,14,16H,12-13,15H2,1-3H3. The molecule has 0 aliphatic heterocycles. The molecular formula is C23H25N5O2. The maximum atomic E-state index is 12.8. The molecule has 0 aliphatic rings. The Balaban J connectivity index is 1.39. The summed E-state index contributed by atoms with van der Waals surface area (Å²) in [5.74, 6) is 0.672. The van der Waals surface area contributed by atoms with Gasteiger partial charge in [-0.15, -0.1) is 5.10 Å². The summed E-state index contributed by atoms with van der Waals surface area (Å²) in [6.07, 6.45) is 1.69. The summed E-state index contributed by atoms with van der Waals surface area (Å²) < 4.78 is 9.08. The minimum atomic E-state index is -0.134. The lowest BCUT2D eigenvalue weighted by Gasteiger charge is -2.17.